The molecule has 5 heteroatoms. The number of halogens is 1. The predicted octanol–water partition coefficient (Wildman–Crippen LogP) is 3.99. The van der Waals surface area contributed by atoms with E-state index in [9.17, 15) is 14.3 Å². The van der Waals surface area contributed by atoms with Crippen LogP contribution in [0.3, 0.4) is 0 Å². The lowest BCUT2D eigenvalue weighted by atomic mass is 9.93. The largest absolute Gasteiger partial charge is 0.481 e. The first-order valence-corrected chi connectivity index (χ1v) is 7.58. The van der Waals surface area contributed by atoms with E-state index in [4.69, 9.17) is 0 Å². The van der Waals surface area contributed by atoms with Gasteiger partial charge in [0, 0.05) is 17.2 Å². The van der Waals surface area contributed by atoms with E-state index in [1.807, 2.05) is 5.38 Å². The summed E-state index contributed by atoms with van der Waals surface area (Å²) in [5.41, 5.74) is 1.51. The number of carbonyl (C=O) groups is 1. The van der Waals surface area contributed by atoms with E-state index in [0.717, 1.165) is 10.7 Å². The molecule has 1 atom stereocenters. The topological polar surface area (TPSA) is 50.2 Å². The zero-order valence-electron chi connectivity index (χ0n) is 12.3. The van der Waals surface area contributed by atoms with Crippen LogP contribution in [0, 0.1) is 5.82 Å². The summed E-state index contributed by atoms with van der Waals surface area (Å²) in [6.07, 6.45) is 0.321. The highest BCUT2D eigenvalue weighted by Crippen LogP contribution is 2.28. The summed E-state index contributed by atoms with van der Waals surface area (Å²) in [5, 5.41) is 12.2. The summed E-state index contributed by atoms with van der Waals surface area (Å²) in [7, 11) is 0. The van der Waals surface area contributed by atoms with Crippen LogP contribution in [0.5, 0.6) is 0 Å². The fourth-order valence-corrected chi connectivity index (χ4v) is 3.03. The molecule has 0 radical (unpaired) electrons. The first-order chi connectivity index (χ1) is 9.77. The molecule has 2 aromatic rings. The van der Waals surface area contributed by atoms with Gasteiger partial charge in [-0.25, -0.2) is 9.37 Å². The van der Waals surface area contributed by atoms with Crippen molar-refractivity contribution in [2.75, 3.05) is 0 Å². The summed E-state index contributed by atoms with van der Waals surface area (Å²) < 4.78 is 13.0. The number of carboxylic acid groups (broad SMARTS) is 1. The van der Waals surface area contributed by atoms with Crippen molar-refractivity contribution in [2.24, 2.45) is 0 Å². The highest BCUT2D eigenvalue weighted by molar-refractivity contribution is 7.09. The second-order valence-electron chi connectivity index (χ2n) is 6.02. The van der Waals surface area contributed by atoms with Gasteiger partial charge in [-0.1, -0.05) is 32.9 Å². The van der Waals surface area contributed by atoms with Crippen molar-refractivity contribution < 1.29 is 14.3 Å². The zero-order chi connectivity index (χ0) is 15.6. The van der Waals surface area contributed by atoms with E-state index < -0.39 is 11.9 Å². The van der Waals surface area contributed by atoms with Gasteiger partial charge in [0.2, 0.25) is 0 Å². The van der Waals surface area contributed by atoms with E-state index >= 15 is 0 Å². The molecule has 0 aliphatic heterocycles. The standard InChI is InChI=1S/C16H18FNO2S/c1-16(2,3)13-9-21-14(18-13)8-12(15(19)20)10-4-6-11(17)7-5-10/h4-7,9,12H,8H2,1-3H3,(H,19,20). The van der Waals surface area contributed by atoms with Crippen LogP contribution in [-0.4, -0.2) is 16.1 Å². The number of hydrogen-bond donors (Lipinski definition) is 1. The number of rotatable bonds is 4. The molecule has 112 valence electrons. The summed E-state index contributed by atoms with van der Waals surface area (Å²) in [4.78, 5) is 16.0. The van der Waals surface area contributed by atoms with Crippen LogP contribution in [0.1, 0.15) is 43.0 Å². The molecule has 0 aliphatic carbocycles. The van der Waals surface area contributed by atoms with Crippen LogP contribution in [-0.2, 0) is 16.6 Å². The Labute approximate surface area is 127 Å². The van der Waals surface area contributed by atoms with Crippen LogP contribution < -0.4 is 0 Å². The van der Waals surface area contributed by atoms with Crippen LogP contribution >= 0.6 is 11.3 Å². The first-order valence-electron chi connectivity index (χ1n) is 6.70. The number of thiazole rings is 1. The van der Waals surface area contributed by atoms with Crippen molar-refractivity contribution in [2.45, 2.75) is 38.5 Å². The number of aliphatic carboxylic acids is 1. The molecule has 0 bridgehead atoms. The molecule has 1 aromatic carbocycles. The molecular formula is C16H18FNO2S. The van der Waals surface area contributed by atoms with Crippen molar-refractivity contribution in [1.29, 1.82) is 0 Å². The van der Waals surface area contributed by atoms with Gasteiger partial charge >= 0.3 is 5.97 Å². The minimum atomic E-state index is -0.922. The molecule has 0 fully saturated rings. The maximum absolute atomic E-state index is 13.0. The van der Waals surface area contributed by atoms with E-state index in [2.05, 4.69) is 25.8 Å². The highest BCUT2D eigenvalue weighted by Gasteiger charge is 2.24. The molecule has 0 spiro atoms. The van der Waals surface area contributed by atoms with E-state index in [0.29, 0.717) is 12.0 Å². The lowest BCUT2D eigenvalue weighted by Crippen LogP contribution is -2.15. The Morgan fingerprint density at radius 3 is 2.43 bits per heavy atom. The third-order valence-corrected chi connectivity index (χ3v) is 4.14. The molecule has 3 nitrogen and oxygen atoms in total. The van der Waals surface area contributed by atoms with Crippen molar-refractivity contribution in [1.82, 2.24) is 4.98 Å². The van der Waals surface area contributed by atoms with Crippen molar-refractivity contribution in [3.8, 4) is 0 Å². The third-order valence-electron chi connectivity index (χ3n) is 3.27. The van der Waals surface area contributed by atoms with Gasteiger partial charge in [-0.2, -0.15) is 0 Å². The summed E-state index contributed by atoms with van der Waals surface area (Å²) in [6, 6.07) is 5.61. The quantitative estimate of drug-likeness (QED) is 0.929. The molecule has 0 aliphatic rings. The molecule has 0 saturated carbocycles. The highest BCUT2D eigenvalue weighted by atomic mass is 32.1. The molecule has 0 amide bonds. The van der Waals surface area contributed by atoms with Crippen LogP contribution in [0.25, 0.3) is 0 Å². The minimum Gasteiger partial charge on any atom is -0.481 e. The fraction of sp³-hybridized carbons (Fsp3) is 0.375. The maximum atomic E-state index is 13.0. The average Bonchev–Trinajstić information content (AvgIpc) is 2.85. The van der Waals surface area contributed by atoms with Gasteiger partial charge in [0.1, 0.15) is 5.82 Å². The van der Waals surface area contributed by atoms with Gasteiger partial charge in [0.25, 0.3) is 0 Å². The lowest BCUT2D eigenvalue weighted by Gasteiger charge is -2.14. The zero-order valence-corrected chi connectivity index (χ0v) is 13.1. The van der Waals surface area contributed by atoms with Crippen molar-refractivity contribution in [3.63, 3.8) is 0 Å². The summed E-state index contributed by atoms with van der Waals surface area (Å²) in [6.45, 7) is 6.21. The normalized spacial score (nSPS) is 13.1. The Balaban J connectivity index is 2.23. The number of benzene rings is 1. The van der Waals surface area contributed by atoms with Crippen LogP contribution in [0.2, 0.25) is 0 Å². The number of nitrogens with zero attached hydrogens (tertiary/aromatic N) is 1. The van der Waals surface area contributed by atoms with Gasteiger partial charge in [-0.05, 0) is 17.7 Å². The van der Waals surface area contributed by atoms with Gasteiger partial charge in [0.05, 0.1) is 16.6 Å². The van der Waals surface area contributed by atoms with Crippen molar-refractivity contribution >= 4 is 17.3 Å². The minimum absolute atomic E-state index is 0.0522. The Hall–Kier alpha value is -1.75. The summed E-state index contributed by atoms with van der Waals surface area (Å²) in [5.74, 6) is -1.99. The Bertz CT molecular complexity index is 628. The maximum Gasteiger partial charge on any atom is 0.311 e. The molecule has 21 heavy (non-hydrogen) atoms. The average molecular weight is 307 g/mol. The summed E-state index contributed by atoms with van der Waals surface area (Å²) >= 11 is 1.47. The molecule has 0 saturated heterocycles. The van der Waals surface area contributed by atoms with Crippen LogP contribution in [0.15, 0.2) is 29.6 Å². The van der Waals surface area contributed by atoms with E-state index in [1.165, 1.54) is 35.6 Å². The van der Waals surface area contributed by atoms with Gasteiger partial charge in [-0.15, -0.1) is 11.3 Å². The Morgan fingerprint density at radius 2 is 1.95 bits per heavy atom. The van der Waals surface area contributed by atoms with Gasteiger partial charge < -0.3 is 5.11 Å². The Morgan fingerprint density at radius 1 is 1.33 bits per heavy atom. The van der Waals surface area contributed by atoms with Crippen molar-refractivity contribution in [3.05, 3.63) is 51.7 Å². The molecule has 2 rings (SSSR count). The second-order valence-corrected chi connectivity index (χ2v) is 6.97. The molecule has 1 unspecified atom stereocenters. The third kappa shape index (κ3) is 3.88. The van der Waals surface area contributed by atoms with Gasteiger partial charge in [-0.3, -0.25) is 4.79 Å². The van der Waals surface area contributed by atoms with Gasteiger partial charge in [0.15, 0.2) is 0 Å². The lowest BCUT2D eigenvalue weighted by molar-refractivity contribution is -0.138. The fourth-order valence-electron chi connectivity index (χ4n) is 1.97. The van der Waals surface area contributed by atoms with E-state index in [1.54, 1.807) is 0 Å². The number of aromatic nitrogens is 1. The monoisotopic (exact) mass is 307 g/mol. The molecule has 1 N–H and O–H groups in total. The molecular weight excluding hydrogens is 289 g/mol. The smallest absolute Gasteiger partial charge is 0.311 e. The second kappa shape index (κ2) is 5.93. The molecule has 1 aromatic heterocycles. The number of hydrogen-bond acceptors (Lipinski definition) is 3. The van der Waals surface area contributed by atoms with E-state index in [-0.39, 0.29) is 11.2 Å². The first kappa shape index (κ1) is 15.6. The number of carboxylic acids is 1. The molecule has 1 heterocycles. The van der Waals surface area contributed by atoms with Crippen LogP contribution in [0.4, 0.5) is 4.39 Å². The Kier molecular flexibility index (Phi) is 4.42. The SMILES string of the molecule is CC(C)(C)c1csc(CC(C(=O)O)c2ccc(F)cc2)n1. The predicted molar refractivity (Wildman–Crippen MR) is 81.3 cm³/mol.